The van der Waals surface area contributed by atoms with Crippen molar-refractivity contribution in [3.05, 3.63) is 42.5 Å². The van der Waals surface area contributed by atoms with E-state index < -0.39 is 0 Å². The Morgan fingerprint density at radius 2 is 1.88 bits per heavy atom. The van der Waals surface area contributed by atoms with Gasteiger partial charge in [-0.25, -0.2) is 0 Å². The van der Waals surface area contributed by atoms with Crippen molar-refractivity contribution in [1.29, 1.82) is 0 Å². The molecule has 0 aliphatic rings. The minimum Gasteiger partial charge on any atom is -0.313 e. The van der Waals surface area contributed by atoms with Crippen LogP contribution in [0.4, 0.5) is 0 Å². The molecule has 1 aromatic rings. The predicted molar refractivity (Wildman–Crippen MR) is 77.0 cm³/mol. The molecule has 0 aliphatic carbocycles. The Bertz CT molecular complexity index is 314. The first-order valence-electron chi connectivity index (χ1n) is 6.64. The average Bonchev–Trinajstić information content (AvgIpc) is 2.34. The van der Waals surface area contributed by atoms with E-state index >= 15 is 0 Å². The number of hydrogen-bond donors (Lipinski definition) is 1. The van der Waals surface area contributed by atoms with Crippen LogP contribution in [0.1, 0.15) is 38.7 Å². The fourth-order valence-corrected chi connectivity index (χ4v) is 1.82. The third-order valence-corrected chi connectivity index (χ3v) is 2.91. The van der Waals surface area contributed by atoms with E-state index in [-0.39, 0.29) is 0 Å². The van der Waals surface area contributed by atoms with E-state index in [4.69, 9.17) is 0 Å². The van der Waals surface area contributed by atoms with Crippen LogP contribution in [0.2, 0.25) is 0 Å². The van der Waals surface area contributed by atoms with Gasteiger partial charge < -0.3 is 5.32 Å². The second kappa shape index (κ2) is 8.08. The Kier molecular flexibility index (Phi) is 6.64. The topological polar surface area (TPSA) is 12.0 Å². The van der Waals surface area contributed by atoms with Crippen molar-refractivity contribution in [2.45, 2.75) is 33.1 Å². The van der Waals surface area contributed by atoms with E-state index in [0.717, 1.165) is 19.0 Å². The van der Waals surface area contributed by atoms with Crippen molar-refractivity contribution in [3.8, 4) is 0 Å². The maximum Gasteiger partial charge on any atom is 0.0205 e. The molecule has 1 N–H and O–H groups in total. The molecule has 1 rings (SSSR count). The lowest BCUT2D eigenvalue weighted by Gasteiger charge is -2.08. The van der Waals surface area contributed by atoms with Crippen molar-refractivity contribution >= 4 is 5.57 Å². The number of hydrogen-bond acceptors (Lipinski definition) is 1. The number of benzene rings is 1. The predicted octanol–water partition coefficient (Wildman–Crippen LogP) is 4.12. The molecule has 0 aromatic heterocycles. The molecule has 0 atom stereocenters. The molecule has 17 heavy (non-hydrogen) atoms. The summed E-state index contributed by atoms with van der Waals surface area (Å²) in [7, 11) is 0. The summed E-state index contributed by atoms with van der Waals surface area (Å²) in [5.41, 5.74) is 2.41. The second-order valence-electron chi connectivity index (χ2n) is 5.04. The van der Waals surface area contributed by atoms with Crippen LogP contribution in [0.3, 0.4) is 0 Å². The third kappa shape index (κ3) is 6.28. The molecule has 94 valence electrons. The van der Waals surface area contributed by atoms with E-state index in [1.165, 1.54) is 30.4 Å². The first-order chi connectivity index (χ1) is 8.20. The molecule has 0 heterocycles. The van der Waals surface area contributed by atoms with Gasteiger partial charge in [-0.15, -0.1) is 0 Å². The lowest BCUT2D eigenvalue weighted by Crippen LogP contribution is -2.17. The van der Waals surface area contributed by atoms with Gasteiger partial charge in [-0.1, -0.05) is 63.6 Å². The van der Waals surface area contributed by atoms with E-state index in [1.54, 1.807) is 0 Å². The van der Waals surface area contributed by atoms with Gasteiger partial charge in [-0.05, 0) is 30.0 Å². The van der Waals surface area contributed by atoms with Gasteiger partial charge in [0.2, 0.25) is 0 Å². The van der Waals surface area contributed by atoms with Crippen molar-refractivity contribution in [3.63, 3.8) is 0 Å². The van der Waals surface area contributed by atoms with Crippen LogP contribution in [0.15, 0.2) is 36.9 Å². The fourth-order valence-electron chi connectivity index (χ4n) is 1.82. The van der Waals surface area contributed by atoms with Gasteiger partial charge in [0, 0.05) is 6.54 Å². The van der Waals surface area contributed by atoms with E-state index in [9.17, 15) is 0 Å². The van der Waals surface area contributed by atoms with Crippen LogP contribution < -0.4 is 5.32 Å². The van der Waals surface area contributed by atoms with E-state index in [0.29, 0.717) is 0 Å². The molecular weight excluding hydrogens is 206 g/mol. The molecular formula is C16H25N. The third-order valence-electron chi connectivity index (χ3n) is 2.91. The lowest BCUT2D eigenvalue weighted by atomic mass is 10.1. The summed E-state index contributed by atoms with van der Waals surface area (Å²) in [6.07, 6.45) is 3.92. The van der Waals surface area contributed by atoms with Crippen molar-refractivity contribution in [1.82, 2.24) is 5.32 Å². The normalized spacial score (nSPS) is 10.8. The van der Waals surface area contributed by atoms with Crippen molar-refractivity contribution in [2.24, 2.45) is 5.92 Å². The molecule has 1 nitrogen and oxygen atoms in total. The van der Waals surface area contributed by atoms with Gasteiger partial charge in [0.1, 0.15) is 0 Å². The smallest absolute Gasteiger partial charge is 0.0205 e. The van der Waals surface area contributed by atoms with Crippen molar-refractivity contribution in [2.75, 3.05) is 13.1 Å². The summed E-state index contributed by atoms with van der Waals surface area (Å²) < 4.78 is 0. The van der Waals surface area contributed by atoms with Gasteiger partial charge >= 0.3 is 0 Å². The first kappa shape index (κ1) is 14.0. The molecule has 0 bridgehead atoms. The molecule has 1 aromatic carbocycles. The summed E-state index contributed by atoms with van der Waals surface area (Å²) >= 11 is 0. The quantitative estimate of drug-likeness (QED) is 0.664. The van der Waals surface area contributed by atoms with Crippen LogP contribution >= 0.6 is 0 Å². The standard InChI is InChI=1S/C16H25N/c1-14(2)9-7-8-12-17-13-15(3)16-10-5-4-6-11-16/h4-6,10-11,14,17H,3,7-9,12-13H2,1-2H3. The van der Waals surface area contributed by atoms with Crippen LogP contribution in [-0.4, -0.2) is 13.1 Å². The summed E-state index contributed by atoms with van der Waals surface area (Å²) in [6, 6.07) is 10.4. The van der Waals surface area contributed by atoms with Crippen LogP contribution in [0.5, 0.6) is 0 Å². The highest BCUT2D eigenvalue weighted by molar-refractivity contribution is 5.64. The van der Waals surface area contributed by atoms with Gasteiger partial charge in [0.05, 0.1) is 0 Å². The van der Waals surface area contributed by atoms with Crippen molar-refractivity contribution < 1.29 is 0 Å². The minimum absolute atomic E-state index is 0.828. The Morgan fingerprint density at radius 1 is 1.18 bits per heavy atom. The Morgan fingerprint density at radius 3 is 2.53 bits per heavy atom. The van der Waals surface area contributed by atoms with Crippen LogP contribution in [0, 0.1) is 5.92 Å². The molecule has 0 amide bonds. The van der Waals surface area contributed by atoms with Crippen LogP contribution in [0.25, 0.3) is 5.57 Å². The van der Waals surface area contributed by atoms with Gasteiger partial charge in [0.15, 0.2) is 0 Å². The number of rotatable bonds is 8. The first-order valence-corrected chi connectivity index (χ1v) is 6.64. The molecule has 0 radical (unpaired) electrons. The molecule has 0 spiro atoms. The zero-order valence-corrected chi connectivity index (χ0v) is 11.2. The van der Waals surface area contributed by atoms with Gasteiger partial charge in [0.25, 0.3) is 0 Å². The number of unbranched alkanes of at least 4 members (excludes halogenated alkanes) is 1. The zero-order chi connectivity index (χ0) is 12.5. The Labute approximate surface area is 106 Å². The Balaban J connectivity index is 2.09. The van der Waals surface area contributed by atoms with Gasteiger partial charge in [-0.3, -0.25) is 0 Å². The maximum absolute atomic E-state index is 4.11. The summed E-state index contributed by atoms with van der Waals surface area (Å²) in [4.78, 5) is 0. The second-order valence-corrected chi connectivity index (χ2v) is 5.04. The highest BCUT2D eigenvalue weighted by atomic mass is 14.8. The molecule has 0 unspecified atom stereocenters. The monoisotopic (exact) mass is 231 g/mol. The van der Waals surface area contributed by atoms with E-state index in [2.05, 4.69) is 50.0 Å². The molecule has 1 heteroatoms. The molecule has 0 saturated heterocycles. The average molecular weight is 231 g/mol. The summed E-state index contributed by atoms with van der Waals surface area (Å²) in [5, 5.41) is 3.46. The van der Waals surface area contributed by atoms with E-state index in [1.807, 2.05) is 6.07 Å². The Hall–Kier alpha value is -1.08. The highest BCUT2D eigenvalue weighted by Gasteiger charge is 1.97. The fraction of sp³-hybridized carbons (Fsp3) is 0.500. The highest BCUT2D eigenvalue weighted by Crippen LogP contribution is 2.10. The molecule has 0 saturated carbocycles. The minimum atomic E-state index is 0.828. The van der Waals surface area contributed by atoms with Gasteiger partial charge in [-0.2, -0.15) is 0 Å². The molecule has 0 aliphatic heterocycles. The largest absolute Gasteiger partial charge is 0.313 e. The number of nitrogens with one attached hydrogen (secondary N) is 1. The molecule has 0 fully saturated rings. The summed E-state index contributed by atoms with van der Waals surface area (Å²) in [6.45, 7) is 10.7. The maximum atomic E-state index is 4.11. The summed E-state index contributed by atoms with van der Waals surface area (Å²) in [5.74, 6) is 0.828. The lowest BCUT2D eigenvalue weighted by molar-refractivity contribution is 0.527. The zero-order valence-electron chi connectivity index (χ0n) is 11.2. The SMILES string of the molecule is C=C(CNCCCCC(C)C)c1ccccc1. The van der Waals surface area contributed by atoms with Crippen LogP contribution in [-0.2, 0) is 0 Å².